The van der Waals surface area contributed by atoms with Gasteiger partial charge in [0, 0.05) is 16.7 Å². The Morgan fingerprint density at radius 1 is 0.500 bits per heavy atom. The molecule has 0 aliphatic rings. The smallest absolute Gasteiger partial charge is 0.258 e. The third-order valence-electron chi connectivity index (χ3n) is 8.24. The Balaban J connectivity index is 1.50. The fourth-order valence-electron chi connectivity index (χ4n) is 5.65. The first kappa shape index (κ1) is 34.5. The average Bonchev–Trinajstić information content (AvgIpc) is 3.08. The summed E-state index contributed by atoms with van der Waals surface area (Å²) in [5.41, 5.74) is 3.97. The van der Waals surface area contributed by atoms with Gasteiger partial charge in [-0.2, -0.15) is 15.0 Å². The van der Waals surface area contributed by atoms with Gasteiger partial charge in [-0.25, -0.2) is 0 Å². The fraction of sp³-hybridized carbons (Fsp3) is 0.410. The number of hydrogen-bond donors (Lipinski definition) is 2. The van der Waals surface area contributed by atoms with Crippen molar-refractivity contribution < 1.29 is 9.59 Å². The molecule has 0 spiro atoms. The molecule has 0 atom stereocenters. The molecule has 7 heteroatoms. The van der Waals surface area contributed by atoms with Crippen LogP contribution in [0.2, 0.25) is 0 Å². The molecule has 46 heavy (non-hydrogen) atoms. The van der Waals surface area contributed by atoms with Crippen molar-refractivity contribution in [3.05, 3.63) is 101 Å². The molecule has 0 radical (unpaired) electrons. The third kappa shape index (κ3) is 10.9. The number of nitrogens with zero attached hydrogens (tertiary/aromatic N) is 3. The van der Waals surface area contributed by atoms with Crippen molar-refractivity contribution in [2.24, 2.45) is 0 Å². The molecule has 1 aromatic heterocycles. The highest BCUT2D eigenvalue weighted by Crippen LogP contribution is 2.21. The van der Waals surface area contributed by atoms with Gasteiger partial charge >= 0.3 is 0 Å². The summed E-state index contributed by atoms with van der Waals surface area (Å²) in [6.07, 6.45) is 16.0. The van der Waals surface area contributed by atoms with Crippen molar-refractivity contribution in [2.75, 3.05) is 10.6 Å². The summed E-state index contributed by atoms with van der Waals surface area (Å²) in [5, 5.41) is 5.78. The Kier molecular flexibility index (Phi) is 14.4. The summed E-state index contributed by atoms with van der Waals surface area (Å²) >= 11 is 0. The first-order chi connectivity index (χ1) is 22.6. The maximum Gasteiger partial charge on any atom is 0.258 e. The Hall–Kier alpha value is -4.39. The van der Waals surface area contributed by atoms with Crippen molar-refractivity contribution in [1.29, 1.82) is 0 Å². The van der Waals surface area contributed by atoms with Gasteiger partial charge in [0.25, 0.3) is 11.8 Å². The minimum absolute atomic E-state index is 0.0869. The molecular formula is C39H49N5O2. The predicted octanol–water partition coefficient (Wildman–Crippen LogP) is 9.85. The van der Waals surface area contributed by atoms with E-state index in [2.05, 4.69) is 39.4 Å². The minimum atomic E-state index is -0.284. The van der Waals surface area contributed by atoms with Crippen LogP contribution >= 0.6 is 0 Å². The highest BCUT2D eigenvalue weighted by molar-refractivity contribution is 6.06. The van der Waals surface area contributed by atoms with E-state index in [1.165, 1.54) is 51.4 Å². The Labute approximate surface area is 274 Å². The van der Waals surface area contributed by atoms with Crippen LogP contribution in [0.25, 0.3) is 11.4 Å². The number of unbranched alkanes of at least 4 members (excludes halogenated alkanes) is 10. The summed E-state index contributed by atoms with van der Waals surface area (Å²) < 4.78 is 0. The van der Waals surface area contributed by atoms with Gasteiger partial charge in [-0.1, -0.05) is 145 Å². The molecule has 0 unspecified atom stereocenters. The largest absolute Gasteiger partial charge is 0.290 e. The van der Waals surface area contributed by atoms with Crippen molar-refractivity contribution in [1.82, 2.24) is 15.0 Å². The van der Waals surface area contributed by atoms with Gasteiger partial charge < -0.3 is 0 Å². The first-order valence-corrected chi connectivity index (χ1v) is 17.2. The van der Waals surface area contributed by atoms with Crippen LogP contribution in [0.5, 0.6) is 0 Å². The van der Waals surface area contributed by atoms with E-state index in [0.29, 0.717) is 17.0 Å². The number of nitrogens with one attached hydrogen (secondary N) is 2. The van der Waals surface area contributed by atoms with Gasteiger partial charge in [-0.15, -0.1) is 0 Å². The molecule has 0 aliphatic carbocycles. The summed E-state index contributed by atoms with van der Waals surface area (Å²) in [6, 6.07) is 24.9. The molecule has 242 valence electrons. The zero-order valence-corrected chi connectivity index (χ0v) is 27.6. The van der Waals surface area contributed by atoms with Crippen LogP contribution < -0.4 is 10.6 Å². The van der Waals surface area contributed by atoms with E-state index in [0.717, 1.165) is 55.2 Å². The standard InChI is InChI=1S/C39H49N5O2/c1-3-5-7-9-11-14-22-30-24-18-20-28-33(30)36(45)42-38-40-35(32-26-16-13-17-27-32)41-39(44-38)43-37(46)34-29-21-19-25-31(34)23-15-12-10-8-6-4-2/h13,16-21,24-29H,3-12,14-15,22-23H2,1-2H3,(H2,40,41,42,43,44,45,46). The summed E-state index contributed by atoms with van der Waals surface area (Å²) in [7, 11) is 0. The topological polar surface area (TPSA) is 96.9 Å². The number of amides is 2. The highest BCUT2D eigenvalue weighted by atomic mass is 16.2. The van der Waals surface area contributed by atoms with Crippen LogP contribution in [-0.2, 0) is 12.8 Å². The molecule has 0 saturated carbocycles. The van der Waals surface area contributed by atoms with Crippen LogP contribution in [0.4, 0.5) is 11.9 Å². The molecule has 2 amide bonds. The average molecular weight is 620 g/mol. The molecule has 2 N–H and O–H groups in total. The van der Waals surface area contributed by atoms with Crippen molar-refractivity contribution in [3.8, 4) is 11.4 Å². The van der Waals surface area contributed by atoms with E-state index in [9.17, 15) is 9.59 Å². The molecule has 0 fully saturated rings. The molecule has 1 heterocycles. The maximum atomic E-state index is 13.5. The molecule has 0 saturated heterocycles. The number of aryl methyl sites for hydroxylation is 2. The maximum absolute atomic E-state index is 13.5. The summed E-state index contributed by atoms with van der Waals surface area (Å²) in [4.78, 5) is 40.7. The lowest BCUT2D eigenvalue weighted by Crippen LogP contribution is -2.20. The van der Waals surface area contributed by atoms with E-state index in [-0.39, 0.29) is 23.7 Å². The number of anilines is 2. The van der Waals surface area contributed by atoms with Gasteiger partial charge in [0.05, 0.1) is 0 Å². The lowest BCUT2D eigenvalue weighted by molar-refractivity contribution is 0.101. The lowest BCUT2D eigenvalue weighted by Gasteiger charge is -2.13. The molecule has 4 rings (SSSR count). The van der Waals surface area contributed by atoms with Crippen LogP contribution in [0.1, 0.15) is 123 Å². The summed E-state index contributed by atoms with van der Waals surface area (Å²) in [6.45, 7) is 4.44. The van der Waals surface area contributed by atoms with Crippen molar-refractivity contribution >= 4 is 23.7 Å². The van der Waals surface area contributed by atoms with Gasteiger partial charge in [-0.3, -0.25) is 20.2 Å². The second kappa shape index (κ2) is 19.2. The Bertz CT molecular complexity index is 1430. The molecule has 4 aromatic rings. The van der Waals surface area contributed by atoms with Crippen molar-refractivity contribution in [3.63, 3.8) is 0 Å². The van der Waals surface area contributed by atoms with Crippen LogP contribution in [-0.4, -0.2) is 26.8 Å². The molecular weight excluding hydrogens is 570 g/mol. The van der Waals surface area contributed by atoms with Gasteiger partial charge in [0.2, 0.25) is 11.9 Å². The monoisotopic (exact) mass is 619 g/mol. The molecule has 7 nitrogen and oxygen atoms in total. The highest BCUT2D eigenvalue weighted by Gasteiger charge is 2.18. The number of carbonyl (C=O) groups excluding carboxylic acids is 2. The number of rotatable bonds is 19. The van der Waals surface area contributed by atoms with E-state index in [1.54, 1.807) is 0 Å². The van der Waals surface area contributed by atoms with E-state index < -0.39 is 0 Å². The number of benzene rings is 3. The SMILES string of the molecule is CCCCCCCCc1ccccc1C(=O)Nc1nc(NC(=O)c2ccccc2CCCCCCCC)nc(-c2ccccc2)n1. The lowest BCUT2D eigenvalue weighted by atomic mass is 10.00. The quantitative estimate of drug-likeness (QED) is 0.102. The Morgan fingerprint density at radius 3 is 1.39 bits per heavy atom. The van der Waals surface area contributed by atoms with Crippen LogP contribution in [0.15, 0.2) is 78.9 Å². The zero-order valence-electron chi connectivity index (χ0n) is 27.6. The molecule has 3 aromatic carbocycles. The molecule has 0 aliphatic heterocycles. The summed E-state index contributed by atoms with van der Waals surface area (Å²) in [5.74, 6) is -0.0311. The Morgan fingerprint density at radius 2 is 0.913 bits per heavy atom. The third-order valence-corrected chi connectivity index (χ3v) is 8.24. The number of hydrogen-bond acceptors (Lipinski definition) is 5. The van der Waals surface area contributed by atoms with E-state index >= 15 is 0 Å². The van der Waals surface area contributed by atoms with Gasteiger partial charge in [0.1, 0.15) is 0 Å². The van der Waals surface area contributed by atoms with Crippen LogP contribution in [0, 0.1) is 0 Å². The first-order valence-electron chi connectivity index (χ1n) is 17.2. The minimum Gasteiger partial charge on any atom is -0.290 e. The number of aromatic nitrogens is 3. The fourth-order valence-corrected chi connectivity index (χ4v) is 5.65. The van der Waals surface area contributed by atoms with Gasteiger partial charge in [0.15, 0.2) is 5.82 Å². The molecule has 0 bridgehead atoms. The second-order valence-corrected chi connectivity index (χ2v) is 11.9. The second-order valence-electron chi connectivity index (χ2n) is 11.9. The normalized spacial score (nSPS) is 10.9. The number of carbonyl (C=O) groups is 2. The zero-order chi connectivity index (χ0) is 32.4. The van der Waals surface area contributed by atoms with E-state index in [1.807, 2.05) is 78.9 Å². The predicted molar refractivity (Wildman–Crippen MR) is 188 cm³/mol. The van der Waals surface area contributed by atoms with Crippen molar-refractivity contribution in [2.45, 2.75) is 104 Å². The van der Waals surface area contributed by atoms with Crippen LogP contribution in [0.3, 0.4) is 0 Å². The van der Waals surface area contributed by atoms with E-state index in [4.69, 9.17) is 0 Å². The van der Waals surface area contributed by atoms with Gasteiger partial charge in [-0.05, 0) is 48.9 Å².